The van der Waals surface area contributed by atoms with E-state index in [1.54, 1.807) is 20.0 Å². The molecule has 0 aliphatic rings. The fourth-order valence-electron chi connectivity index (χ4n) is 2.60. The third-order valence-electron chi connectivity index (χ3n) is 3.72. The van der Waals surface area contributed by atoms with Crippen LogP contribution in [0, 0.1) is 6.92 Å². The summed E-state index contributed by atoms with van der Waals surface area (Å²) in [4.78, 5) is 12.1. The van der Waals surface area contributed by atoms with E-state index in [1.807, 2.05) is 0 Å². The summed E-state index contributed by atoms with van der Waals surface area (Å²) in [7, 11) is 1.70. The highest BCUT2D eigenvalue weighted by molar-refractivity contribution is 5.89. The highest BCUT2D eigenvalue weighted by atomic mass is 19.4. The average molecular weight is 363 g/mol. The maximum atomic E-state index is 13.1. The molecule has 0 bridgehead atoms. The number of hydrogen-bond donors (Lipinski definition) is 1. The first-order valence-corrected chi connectivity index (χ1v) is 7.74. The normalized spacial score (nSPS) is 11.6. The third kappa shape index (κ3) is 3.76. The second kappa shape index (κ2) is 6.66. The molecule has 0 fully saturated rings. The van der Waals surface area contributed by atoms with Crippen LogP contribution in [0.3, 0.4) is 0 Å². The number of alkyl halides is 3. The molecule has 0 aliphatic carbocycles. The molecule has 0 unspecified atom stereocenters. The number of halogens is 3. The largest absolute Gasteiger partial charge is 0.417 e. The van der Waals surface area contributed by atoms with E-state index < -0.39 is 11.7 Å². The molecular formula is C17H16F3N5O. The van der Waals surface area contributed by atoms with Crippen molar-refractivity contribution in [1.29, 1.82) is 0 Å². The molecule has 3 aromatic rings. The molecule has 6 nitrogen and oxygen atoms in total. The van der Waals surface area contributed by atoms with Gasteiger partial charge in [-0.2, -0.15) is 23.4 Å². The van der Waals surface area contributed by atoms with Gasteiger partial charge >= 0.3 is 6.18 Å². The first-order chi connectivity index (χ1) is 12.2. The number of benzene rings is 1. The first kappa shape index (κ1) is 17.7. The van der Waals surface area contributed by atoms with Gasteiger partial charge in [0.25, 0.3) is 0 Å². The van der Waals surface area contributed by atoms with Crippen molar-refractivity contribution in [3.05, 3.63) is 53.9 Å². The number of nitrogens with one attached hydrogen (secondary N) is 1. The van der Waals surface area contributed by atoms with E-state index in [-0.39, 0.29) is 23.7 Å². The van der Waals surface area contributed by atoms with Crippen LogP contribution in [0.1, 0.15) is 11.3 Å². The molecule has 0 saturated heterocycles. The predicted molar refractivity (Wildman–Crippen MR) is 89.2 cm³/mol. The molecule has 1 N–H and O–H groups in total. The predicted octanol–water partition coefficient (Wildman–Crippen LogP) is 3.25. The topological polar surface area (TPSA) is 64.7 Å². The zero-order valence-electron chi connectivity index (χ0n) is 14.1. The number of anilines is 1. The smallest absolute Gasteiger partial charge is 0.309 e. The molecule has 0 atom stereocenters. The lowest BCUT2D eigenvalue weighted by molar-refractivity contribution is -0.137. The minimum Gasteiger partial charge on any atom is -0.309 e. The number of aryl methyl sites for hydroxylation is 2. The molecule has 0 radical (unpaired) electrons. The number of carbonyl (C=O) groups is 1. The van der Waals surface area contributed by atoms with Gasteiger partial charge in [-0.15, -0.1) is 0 Å². The van der Waals surface area contributed by atoms with Gasteiger partial charge in [0, 0.05) is 24.9 Å². The second-order valence-electron chi connectivity index (χ2n) is 5.78. The second-order valence-corrected chi connectivity index (χ2v) is 5.78. The molecular weight excluding hydrogens is 347 g/mol. The Bertz CT molecular complexity index is 942. The van der Waals surface area contributed by atoms with E-state index in [0.29, 0.717) is 5.82 Å². The van der Waals surface area contributed by atoms with Crippen LogP contribution in [0.15, 0.2) is 42.6 Å². The highest BCUT2D eigenvalue weighted by Gasteiger charge is 2.33. The van der Waals surface area contributed by atoms with Crippen LogP contribution in [-0.4, -0.2) is 25.5 Å². The average Bonchev–Trinajstić information content (AvgIpc) is 3.13. The van der Waals surface area contributed by atoms with Gasteiger partial charge in [-0.25, -0.2) is 0 Å². The first-order valence-electron chi connectivity index (χ1n) is 7.74. The molecule has 0 aliphatic heterocycles. The Morgan fingerprint density at radius 2 is 1.92 bits per heavy atom. The van der Waals surface area contributed by atoms with Gasteiger partial charge in [0.15, 0.2) is 0 Å². The van der Waals surface area contributed by atoms with E-state index in [1.165, 1.54) is 39.8 Å². The number of carbonyl (C=O) groups excluding carboxylic acids is 1. The van der Waals surface area contributed by atoms with E-state index in [2.05, 4.69) is 15.5 Å². The van der Waals surface area contributed by atoms with Gasteiger partial charge in [-0.3, -0.25) is 14.2 Å². The van der Waals surface area contributed by atoms with Crippen molar-refractivity contribution in [1.82, 2.24) is 19.6 Å². The van der Waals surface area contributed by atoms with Crippen LogP contribution >= 0.6 is 0 Å². The van der Waals surface area contributed by atoms with Crippen LogP contribution in [0.2, 0.25) is 0 Å². The van der Waals surface area contributed by atoms with Crippen LogP contribution in [0.5, 0.6) is 0 Å². The summed E-state index contributed by atoms with van der Waals surface area (Å²) in [6, 6.07) is 8.37. The van der Waals surface area contributed by atoms with Crippen molar-refractivity contribution < 1.29 is 18.0 Å². The van der Waals surface area contributed by atoms with Crippen molar-refractivity contribution in [2.75, 3.05) is 5.32 Å². The van der Waals surface area contributed by atoms with Crippen molar-refractivity contribution >= 4 is 11.7 Å². The Balaban J connectivity index is 1.77. The molecule has 2 heterocycles. The maximum Gasteiger partial charge on any atom is 0.417 e. The fraction of sp³-hybridized carbons (Fsp3) is 0.235. The summed E-state index contributed by atoms with van der Waals surface area (Å²) >= 11 is 0. The van der Waals surface area contributed by atoms with Crippen LogP contribution < -0.4 is 5.32 Å². The third-order valence-corrected chi connectivity index (χ3v) is 3.72. The van der Waals surface area contributed by atoms with Crippen molar-refractivity contribution in [3.63, 3.8) is 0 Å². The van der Waals surface area contributed by atoms with Gasteiger partial charge in [0.1, 0.15) is 12.4 Å². The lowest BCUT2D eigenvalue weighted by Crippen LogP contribution is -2.20. The van der Waals surface area contributed by atoms with Crippen LogP contribution in [0.25, 0.3) is 11.3 Å². The van der Waals surface area contributed by atoms with Crippen molar-refractivity contribution in [2.45, 2.75) is 19.6 Å². The minimum atomic E-state index is -4.48. The summed E-state index contributed by atoms with van der Waals surface area (Å²) in [5.41, 5.74) is 0.122. The van der Waals surface area contributed by atoms with Crippen molar-refractivity contribution in [2.24, 2.45) is 7.05 Å². The summed E-state index contributed by atoms with van der Waals surface area (Å²) < 4.78 is 42.2. The number of rotatable bonds is 4. The number of hydrogen-bond acceptors (Lipinski definition) is 3. The Morgan fingerprint density at radius 1 is 1.19 bits per heavy atom. The monoisotopic (exact) mass is 363 g/mol. The fourth-order valence-corrected chi connectivity index (χ4v) is 2.60. The molecule has 3 rings (SSSR count). The van der Waals surface area contributed by atoms with Crippen LogP contribution in [-0.2, 0) is 24.6 Å². The molecule has 136 valence electrons. The molecule has 0 spiro atoms. The lowest BCUT2D eigenvalue weighted by atomic mass is 10.0. The number of aromatic nitrogens is 4. The Kier molecular flexibility index (Phi) is 4.54. The van der Waals surface area contributed by atoms with Gasteiger partial charge in [-0.1, -0.05) is 18.2 Å². The highest BCUT2D eigenvalue weighted by Crippen LogP contribution is 2.36. The zero-order valence-corrected chi connectivity index (χ0v) is 14.1. The van der Waals surface area contributed by atoms with Gasteiger partial charge in [-0.05, 0) is 19.1 Å². The molecule has 0 saturated carbocycles. The summed E-state index contributed by atoms with van der Waals surface area (Å²) in [6.07, 6.45) is -3.01. The standard InChI is InChI=1S/C17H16F3N5O/c1-11-9-15(24(2)22-11)21-16(26)10-25-8-7-14(23-25)12-5-3-4-6-13(12)17(18,19)20/h3-9H,10H2,1-2H3,(H,21,26). The molecule has 2 aromatic heterocycles. The SMILES string of the molecule is Cc1cc(NC(=O)Cn2ccc(-c3ccccc3C(F)(F)F)n2)n(C)n1. The Labute approximate surface area is 147 Å². The van der Waals surface area contributed by atoms with Gasteiger partial charge in [0.05, 0.1) is 17.0 Å². The van der Waals surface area contributed by atoms with Gasteiger partial charge in [0.2, 0.25) is 5.91 Å². The lowest BCUT2D eigenvalue weighted by Gasteiger charge is -2.10. The molecule has 1 amide bonds. The Hall–Kier alpha value is -3.10. The summed E-state index contributed by atoms with van der Waals surface area (Å²) in [6.45, 7) is 1.67. The number of amides is 1. The van der Waals surface area contributed by atoms with Crippen LogP contribution in [0.4, 0.5) is 19.0 Å². The summed E-state index contributed by atoms with van der Waals surface area (Å²) in [5, 5.41) is 10.9. The number of nitrogens with zero attached hydrogens (tertiary/aromatic N) is 4. The summed E-state index contributed by atoms with van der Waals surface area (Å²) in [5.74, 6) is 0.175. The zero-order chi connectivity index (χ0) is 18.9. The van der Waals surface area contributed by atoms with E-state index in [0.717, 1.165) is 11.8 Å². The van der Waals surface area contributed by atoms with E-state index in [4.69, 9.17) is 0 Å². The minimum absolute atomic E-state index is 0.0265. The molecule has 9 heteroatoms. The van der Waals surface area contributed by atoms with Gasteiger partial charge < -0.3 is 5.32 Å². The van der Waals surface area contributed by atoms with Crippen molar-refractivity contribution in [3.8, 4) is 11.3 Å². The quantitative estimate of drug-likeness (QED) is 0.774. The van der Waals surface area contributed by atoms with E-state index >= 15 is 0 Å². The molecule has 1 aromatic carbocycles. The Morgan fingerprint density at radius 3 is 2.58 bits per heavy atom. The maximum absolute atomic E-state index is 13.1. The molecule has 26 heavy (non-hydrogen) atoms. The van der Waals surface area contributed by atoms with E-state index in [9.17, 15) is 18.0 Å².